The molecule has 1 rings (SSSR count). The molecule has 0 amide bonds. The molecule has 1 heteroatoms. The molecule has 0 bridgehead atoms. The van der Waals surface area contributed by atoms with Gasteiger partial charge < -0.3 is 5.32 Å². The van der Waals surface area contributed by atoms with E-state index in [1.807, 2.05) is 0 Å². The summed E-state index contributed by atoms with van der Waals surface area (Å²) < 4.78 is 0. The predicted molar refractivity (Wildman–Crippen MR) is 91.2 cm³/mol. The molecule has 0 radical (unpaired) electrons. The number of nitrogens with one attached hydrogen (secondary N) is 1. The van der Waals surface area contributed by atoms with Gasteiger partial charge in [0.1, 0.15) is 0 Å². The Morgan fingerprint density at radius 2 is 1.45 bits per heavy atom. The van der Waals surface area contributed by atoms with E-state index in [2.05, 4.69) is 26.1 Å². The highest BCUT2D eigenvalue weighted by molar-refractivity contribution is 4.82. The summed E-state index contributed by atoms with van der Waals surface area (Å²) in [6, 6.07) is 0.813. The van der Waals surface area contributed by atoms with Crippen LogP contribution in [0.3, 0.4) is 0 Å². The molecular formula is C19H39N. The van der Waals surface area contributed by atoms with Crippen molar-refractivity contribution in [2.75, 3.05) is 6.54 Å². The zero-order valence-electron chi connectivity index (χ0n) is 14.4. The lowest BCUT2D eigenvalue weighted by molar-refractivity contribution is 0.205. The first-order valence-corrected chi connectivity index (χ1v) is 9.49. The van der Waals surface area contributed by atoms with Crippen LogP contribution < -0.4 is 5.32 Å². The first kappa shape index (κ1) is 18.0. The summed E-state index contributed by atoms with van der Waals surface area (Å²) in [5.41, 5.74) is 0. The van der Waals surface area contributed by atoms with Gasteiger partial charge in [0.25, 0.3) is 0 Å². The zero-order chi connectivity index (χ0) is 14.6. The fourth-order valence-electron chi connectivity index (χ4n) is 3.76. The van der Waals surface area contributed by atoms with E-state index in [1.165, 1.54) is 83.6 Å². The summed E-state index contributed by atoms with van der Waals surface area (Å²) >= 11 is 0. The normalized spacial score (nSPS) is 23.4. The fraction of sp³-hybridized carbons (Fsp3) is 1.00. The van der Waals surface area contributed by atoms with Crippen molar-refractivity contribution in [1.29, 1.82) is 0 Å². The molecule has 0 aromatic rings. The van der Waals surface area contributed by atoms with Crippen LogP contribution in [0, 0.1) is 11.8 Å². The summed E-state index contributed by atoms with van der Waals surface area (Å²) in [5.74, 6) is 1.78. The minimum absolute atomic E-state index is 0.813. The Morgan fingerprint density at radius 3 is 2.10 bits per heavy atom. The number of unbranched alkanes of at least 4 members (excludes halogenated alkanes) is 7. The van der Waals surface area contributed by atoms with Crippen molar-refractivity contribution < 1.29 is 0 Å². The topological polar surface area (TPSA) is 12.0 Å². The molecule has 2 unspecified atom stereocenters. The third-order valence-electron chi connectivity index (χ3n) is 5.11. The lowest BCUT2D eigenvalue weighted by Crippen LogP contribution is -2.41. The Hall–Kier alpha value is -0.0400. The Bertz CT molecular complexity index is 212. The van der Waals surface area contributed by atoms with E-state index in [9.17, 15) is 0 Å². The Morgan fingerprint density at radius 1 is 0.850 bits per heavy atom. The lowest BCUT2D eigenvalue weighted by Gasteiger charge is -2.35. The van der Waals surface area contributed by atoms with Gasteiger partial charge in [0.15, 0.2) is 0 Å². The molecule has 0 aromatic heterocycles. The third kappa shape index (κ3) is 7.67. The van der Waals surface area contributed by atoms with E-state index in [4.69, 9.17) is 0 Å². The Labute approximate surface area is 128 Å². The minimum atomic E-state index is 0.813. The van der Waals surface area contributed by atoms with Crippen LogP contribution >= 0.6 is 0 Å². The molecule has 1 N–H and O–H groups in total. The molecule has 1 aliphatic rings. The Kier molecular flexibility index (Phi) is 10.4. The molecule has 20 heavy (non-hydrogen) atoms. The van der Waals surface area contributed by atoms with E-state index in [1.54, 1.807) is 0 Å². The van der Waals surface area contributed by atoms with Crippen LogP contribution in [0.25, 0.3) is 0 Å². The summed E-state index contributed by atoms with van der Waals surface area (Å²) in [5, 5.41) is 3.86. The molecule has 0 spiro atoms. The van der Waals surface area contributed by atoms with Crippen molar-refractivity contribution in [3.05, 3.63) is 0 Å². The van der Waals surface area contributed by atoms with Gasteiger partial charge in [-0.3, -0.25) is 0 Å². The van der Waals surface area contributed by atoms with Crippen molar-refractivity contribution in [2.45, 2.75) is 104 Å². The van der Waals surface area contributed by atoms with E-state index < -0.39 is 0 Å². The lowest BCUT2D eigenvalue weighted by atomic mass is 9.78. The minimum Gasteiger partial charge on any atom is -0.314 e. The maximum atomic E-state index is 3.86. The molecule has 0 saturated heterocycles. The molecule has 2 atom stereocenters. The second-order valence-electron chi connectivity index (χ2n) is 7.23. The van der Waals surface area contributed by atoms with Crippen LogP contribution in [0.15, 0.2) is 0 Å². The molecule has 1 nitrogen and oxygen atoms in total. The first-order valence-electron chi connectivity index (χ1n) is 9.49. The van der Waals surface area contributed by atoms with E-state index in [0.717, 1.165) is 17.9 Å². The molecule has 1 saturated carbocycles. The maximum Gasteiger partial charge on any atom is 0.00977 e. The molecule has 1 aliphatic carbocycles. The SMILES string of the molecule is CCCCCCCCCCNC1CCCCC1C(C)C. The van der Waals surface area contributed by atoms with Crippen LogP contribution in [-0.4, -0.2) is 12.6 Å². The first-order chi connectivity index (χ1) is 9.75. The average molecular weight is 282 g/mol. The summed E-state index contributed by atoms with van der Waals surface area (Å²) in [6.45, 7) is 8.35. The molecule has 0 aliphatic heterocycles. The monoisotopic (exact) mass is 281 g/mol. The summed E-state index contributed by atoms with van der Waals surface area (Å²) in [7, 11) is 0. The number of rotatable bonds is 11. The Balaban J connectivity index is 1.97. The molecule has 0 aromatic carbocycles. The van der Waals surface area contributed by atoms with Crippen molar-refractivity contribution >= 4 is 0 Å². The largest absolute Gasteiger partial charge is 0.314 e. The second kappa shape index (κ2) is 11.6. The van der Waals surface area contributed by atoms with Crippen LogP contribution in [-0.2, 0) is 0 Å². The average Bonchev–Trinajstić information content (AvgIpc) is 2.46. The second-order valence-corrected chi connectivity index (χ2v) is 7.23. The maximum absolute atomic E-state index is 3.86. The van der Waals surface area contributed by atoms with Gasteiger partial charge in [0, 0.05) is 6.04 Å². The van der Waals surface area contributed by atoms with Gasteiger partial charge in [-0.1, -0.05) is 78.6 Å². The highest BCUT2D eigenvalue weighted by Crippen LogP contribution is 2.30. The highest BCUT2D eigenvalue weighted by Gasteiger charge is 2.26. The number of hydrogen-bond donors (Lipinski definition) is 1. The third-order valence-corrected chi connectivity index (χ3v) is 5.11. The van der Waals surface area contributed by atoms with Crippen molar-refractivity contribution in [3.8, 4) is 0 Å². The van der Waals surface area contributed by atoms with Gasteiger partial charge in [0.05, 0.1) is 0 Å². The molecule has 1 fully saturated rings. The summed E-state index contributed by atoms with van der Waals surface area (Å²) in [4.78, 5) is 0. The molecule has 0 heterocycles. The van der Waals surface area contributed by atoms with Gasteiger partial charge in [-0.2, -0.15) is 0 Å². The smallest absolute Gasteiger partial charge is 0.00977 e. The summed E-state index contributed by atoms with van der Waals surface area (Å²) in [6.07, 6.45) is 17.2. The van der Waals surface area contributed by atoms with E-state index >= 15 is 0 Å². The van der Waals surface area contributed by atoms with Gasteiger partial charge in [-0.25, -0.2) is 0 Å². The van der Waals surface area contributed by atoms with Gasteiger partial charge >= 0.3 is 0 Å². The van der Waals surface area contributed by atoms with Gasteiger partial charge in [-0.15, -0.1) is 0 Å². The van der Waals surface area contributed by atoms with Gasteiger partial charge in [-0.05, 0) is 37.6 Å². The highest BCUT2D eigenvalue weighted by atomic mass is 14.9. The molecule has 120 valence electrons. The van der Waals surface area contributed by atoms with Crippen LogP contribution in [0.2, 0.25) is 0 Å². The van der Waals surface area contributed by atoms with Crippen LogP contribution in [0.1, 0.15) is 97.8 Å². The van der Waals surface area contributed by atoms with Crippen molar-refractivity contribution in [1.82, 2.24) is 5.32 Å². The quantitative estimate of drug-likeness (QED) is 0.463. The van der Waals surface area contributed by atoms with E-state index in [-0.39, 0.29) is 0 Å². The van der Waals surface area contributed by atoms with Crippen molar-refractivity contribution in [3.63, 3.8) is 0 Å². The molecular weight excluding hydrogens is 242 g/mol. The van der Waals surface area contributed by atoms with Crippen LogP contribution in [0.5, 0.6) is 0 Å². The van der Waals surface area contributed by atoms with Crippen molar-refractivity contribution in [2.24, 2.45) is 11.8 Å². The van der Waals surface area contributed by atoms with Gasteiger partial charge in [0.2, 0.25) is 0 Å². The van der Waals surface area contributed by atoms with E-state index in [0.29, 0.717) is 0 Å². The fourth-order valence-corrected chi connectivity index (χ4v) is 3.76. The predicted octanol–water partition coefficient (Wildman–Crippen LogP) is 5.93. The standard InChI is InChI=1S/C19H39N/c1-4-5-6-7-8-9-10-13-16-20-19-15-12-11-14-18(19)17(2)3/h17-20H,4-16H2,1-3H3. The number of hydrogen-bond acceptors (Lipinski definition) is 1. The zero-order valence-corrected chi connectivity index (χ0v) is 14.4. The van der Waals surface area contributed by atoms with Crippen LogP contribution in [0.4, 0.5) is 0 Å².